The molecule has 1 fully saturated rings. The van der Waals surface area contributed by atoms with Gasteiger partial charge in [-0.05, 0) is 32.1 Å². The molecule has 0 bridgehead atoms. The average Bonchev–Trinajstić information content (AvgIpc) is 3.06. The molecule has 2 heterocycles. The van der Waals surface area contributed by atoms with Gasteiger partial charge in [0.05, 0.1) is 19.3 Å². The van der Waals surface area contributed by atoms with E-state index < -0.39 is 0 Å². The van der Waals surface area contributed by atoms with E-state index in [1.54, 1.807) is 0 Å². The van der Waals surface area contributed by atoms with Gasteiger partial charge in [0.15, 0.2) is 0 Å². The molecule has 1 aliphatic rings. The van der Waals surface area contributed by atoms with Crippen molar-refractivity contribution in [3.8, 4) is 11.4 Å². The Morgan fingerprint density at radius 1 is 1.25 bits per heavy atom. The van der Waals surface area contributed by atoms with Crippen molar-refractivity contribution in [2.24, 2.45) is 0 Å². The number of nitrogens with zero attached hydrogens (tertiary/aromatic N) is 4. The summed E-state index contributed by atoms with van der Waals surface area (Å²) in [6.07, 6.45) is 0.936. The Morgan fingerprint density at radius 2 is 2.04 bits per heavy atom. The highest BCUT2D eigenvalue weighted by Gasteiger charge is 2.20. The zero-order valence-corrected chi connectivity index (χ0v) is 14.7. The van der Waals surface area contributed by atoms with Crippen LogP contribution in [0.15, 0.2) is 28.8 Å². The first-order chi connectivity index (χ1) is 11.7. The molecule has 1 aromatic heterocycles. The highest BCUT2D eigenvalue weighted by molar-refractivity contribution is 5.55. The molecule has 6 nitrogen and oxygen atoms in total. The van der Waals surface area contributed by atoms with Gasteiger partial charge < -0.3 is 9.26 Å². The SMILES string of the molecule is CC[C@@H](c1nc(-c2cccc(CN3CCOCC3)c2)no1)N(C)C. The van der Waals surface area contributed by atoms with Gasteiger partial charge in [-0.15, -0.1) is 0 Å². The van der Waals surface area contributed by atoms with Gasteiger partial charge in [0.25, 0.3) is 0 Å². The lowest BCUT2D eigenvalue weighted by Gasteiger charge is -2.26. The van der Waals surface area contributed by atoms with E-state index in [2.05, 4.69) is 45.1 Å². The Kier molecular flexibility index (Phi) is 5.60. The summed E-state index contributed by atoms with van der Waals surface area (Å²) in [5.41, 5.74) is 2.27. The maximum Gasteiger partial charge on any atom is 0.244 e. The maximum absolute atomic E-state index is 5.49. The van der Waals surface area contributed by atoms with Gasteiger partial charge in [-0.3, -0.25) is 9.80 Å². The Bertz CT molecular complexity index is 650. The summed E-state index contributed by atoms with van der Waals surface area (Å²) in [5.74, 6) is 1.34. The molecule has 0 amide bonds. The molecule has 24 heavy (non-hydrogen) atoms. The topological polar surface area (TPSA) is 54.6 Å². The van der Waals surface area contributed by atoms with Gasteiger partial charge in [0.2, 0.25) is 11.7 Å². The van der Waals surface area contributed by atoms with Crippen LogP contribution in [0.1, 0.15) is 30.8 Å². The maximum atomic E-state index is 5.49. The fourth-order valence-corrected chi connectivity index (χ4v) is 3.07. The van der Waals surface area contributed by atoms with Gasteiger partial charge in [0.1, 0.15) is 0 Å². The number of morpholine rings is 1. The van der Waals surface area contributed by atoms with E-state index in [-0.39, 0.29) is 6.04 Å². The molecule has 0 spiro atoms. The molecule has 0 N–H and O–H groups in total. The fraction of sp³-hybridized carbons (Fsp3) is 0.556. The number of hydrogen-bond donors (Lipinski definition) is 0. The Hall–Kier alpha value is -1.76. The van der Waals surface area contributed by atoms with Crippen molar-refractivity contribution in [2.45, 2.75) is 25.9 Å². The molecule has 1 aliphatic heterocycles. The van der Waals surface area contributed by atoms with Crippen molar-refractivity contribution < 1.29 is 9.26 Å². The normalized spacial score (nSPS) is 17.3. The molecule has 2 aromatic rings. The minimum atomic E-state index is 0.155. The van der Waals surface area contributed by atoms with E-state index in [1.807, 2.05) is 20.2 Å². The van der Waals surface area contributed by atoms with Gasteiger partial charge in [-0.1, -0.05) is 30.3 Å². The van der Waals surface area contributed by atoms with Crippen molar-refractivity contribution in [1.29, 1.82) is 0 Å². The largest absolute Gasteiger partial charge is 0.379 e. The number of benzene rings is 1. The highest BCUT2D eigenvalue weighted by Crippen LogP contribution is 2.24. The van der Waals surface area contributed by atoms with Crippen LogP contribution in [0, 0.1) is 0 Å². The van der Waals surface area contributed by atoms with Crippen molar-refractivity contribution in [3.63, 3.8) is 0 Å². The summed E-state index contributed by atoms with van der Waals surface area (Å²) in [6.45, 7) is 6.65. The molecule has 6 heteroatoms. The van der Waals surface area contributed by atoms with Crippen molar-refractivity contribution in [1.82, 2.24) is 19.9 Å². The lowest BCUT2D eigenvalue weighted by Crippen LogP contribution is -2.35. The van der Waals surface area contributed by atoms with Crippen LogP contribution >= 0.6 is 0 Å². The standard InChI is InChI=1S/C18H26N4O2/c1-4-16(21(2)3)18-19-17(20-24-18)15-7-5-6-14(12-15)13-22-8-10-23-11-9-22/h5-7,12,16H,4,8-11,13H2,1-3H3/t16-/m0/s1. The van der Waals surface area contributed by atoms with E-state index in [0.29, 0.717) is 11.7 Å². The molecular weight excluding hydrogens is 304 g/mol. The lowest BCUT2D eigenvalue weighted by atomic mass is 10.1. The molecule has 1 atom stereocenters. The first-order valence-corrected chi connectivity index (χ1v) is 8.57. The molecule has 0 radical (unpaired) electrons. The van der Waals surface area contributed by atoms with Gasteiger partial charge >= 0.3 is 0 Å². The Balaban J connectivity index is 1.75. The quantitative estimate of drug-likeness (QED) is 0.811. The zero-order chi connectivity index (χ0) is 16.9. The van der Waals surface area contributed by atoms with E-state index >= 15 is 0 Å². The average molecular weight is 330 g/mol. The number of ether oxygens (including phenoxy) is 1. The lowest BCUT2D eigenvalue weighted by molar-refractivity contribution is 0.0342. The molecule has 130 valence electrons. The predicted octanol–water partition coefficient (Wildman–Crippen LogP) is 2.58. The van der Waals surface area contributed by atoms with E-state index in [0.717, 1.165) is 44.8 Å². The summed E-state index contributed by atoms with van der Waals surface area (Å²) < 4.78 is 10.9. The second kappa shape index (κ2) is 7.88. The molecule has 0 saturated carbocycles. The molecule has 0 aliphatic carbocycles. The van der Waals surface area contributed by atoms with Gasteiger partial charge in [0, 0.05) is 25.2 Å². The third kappa shape index (κ3) is 4.01. The fourth-order valence-electron chi connectivity index (χ4n) is 3.07. The number of rotatable bonds is 6. The highest BCUT2D eigenvalue weighted by atomic mass is 16.5. The van der Waals surface area contributed by atoms with Crippen LogP contribution < -0.4 is 0 Å². The van der Waals surface area contributed by atoms with E-state index in [9.17, 15) is 0 Å². The minimum Gasteiger partial charge on any atom is -0.379 e. The van der Waals surface area contributed by atoms with Crippen LogP contribution in [0.3, 0.4) is 0 Å². The summed E-state index contributed by atoms with van der Waals surface area (Å²) in [6, 6.07) is 8.55. The second-order valence-electron chi connectivity index (χ2n) is 6.43. The van der Waals surface area contributed by atoms with Crippen molar-refractivity contribution in [2.75, 3.05) is 40.4 Å². The van der Waals surface area contributed by atoms with Gasteiger partial charge in [-0.2, -0.15) is 4.98 Å². The Morgan fingerprint density at radius 3 is 2.75 bits per heavy atom. The van der Waals surface area contributed by atoms with Gasteiger partial charge in [-0.25, -0.2) is 0 Å². The first kappa shape index (κ1) is 17.1. The first-order valence-electron chi connectivity index (χ1n) is 8.57. The van der Waals surface area contributed by atoms with Crippen molar-refractivity contribution >= 4 is 0 Å². The van der Waals surface area contributed by atoms with Crippen molar-refractivity contribution in [3.05, 3.63) is 35.7 Å². The molecule has 3 rings (SSSR count). The third-order valence-electron chi connectivity index (χ3n) is 4.43. The van der Waals surface area contributed by atoms with Crippen LogP contribution in [-0.2, 0) is 11.3 Å². The summed E-state index contributed by atoms with van der Waals surface area (Å²) in [4.78, 5) is 9.12. The monoisotopic (exact) mass is 330 g/mol. The predicted molar refractivity (Wildman–Crippen MR) is 92.5 cm³/mol. The minimum absolute atomic E-state index is 0.155. The molecule has 1 aromatic carbocycles. The number of hydrogen-bond acceptors (Lipinski definition) is 6. The van der Waals surface area contributed by atoms with E-state index in [4.69, 9.17) is 9.26 Å². The molecule has 1 saturated heterocycles. The molecule has 0 unspecified atom stereocenters. The number of aromatic nitrogens is 2. The second-order valence-corrected chi connectivity index (χ2v) is 6.43. The smallest absolute Gasteiger partial charge is 0.244 e. The van der Waals surface area contributed by atoms with Crippen LogP contribution in [0.2, 0.25) is 0 Å². The third-order valence-corrected chi connectivity index (χ3v) is 4.43. The van der Waals surface area contributed by atoms with Crippen LogP contribution in [0.4, 0.5) is 0 Å². The summed E-state index contributed by atoms with van der Waals surface area (Å²) in [7, 11) is 4.06. The molecular formula is C18H26N4O2. The zero-order valence-electron chi connectivity index (χ0n) is 14.7. The Labute approximate surface area is 143 Å². The summed E-state index contributed by atoms with van der Waals surface area (Å²) >= 11 is 0. The van der Waals surface area contributed by atoms with Crippen LogP contribution in [0.25, 0.3) is 11.4 Å². The van der Waals surface area contributed by atoms with E-state index in [1.165, 1.54) is 5.56 Å². The summed E-state index contributed by atoms with van der Waals surface area (Å²) in [5, 5.41) is 4.18. The van der Waals surface area contributed by atoms with Crippen LogP contribution in [-0.4, -0.2) is 60.3 Å². The van der Waals surface area contributed by atoms with Crippen LogP contribution in [0.5, 0.6) is 0 Å².